The number of ether oxygens (including phenoxy) is 1. The molecule has 1 heterocycles. The van der Waals surface area contributed by atoms with Crippen LogP contribution in [0.2, 0.25) is 0 Å². The van der Waals surface area contributed by atoms with Crippen LogP contribution >= 0.6 is 0 Å². The highest BCUT2D eigenvalue weighted by Crippen LogP contribution is 2.43. The van der Waals surface area contributed by atoms with Crippen molar-refractivity contribution >= 4 is 17.7 Å². The summed E-state index contributed by atoms with van der Waals surface area (Å²) in [6, 6.07) is 26.9. The van der Waals surface area contributed by atoms with Crippen molar-refractivity contribution in [2.45, 2.75) is 31.2 Å². The number of rotatable bonds is 9. The van der Waals surface area contributed by atoms with E-state index in [4.69, 9.17) is 4.74 Å². The largest absolute Gasteiger partial charge is 0.496 e. The number of para-hydroxylation sites is 1. The van der Waals surface area contributed by atoms with E-state index in [-0.39, 0.29) is 30.6 Å². The maximum Gasteiger partial charge on any atom is 0.240 e. The summed E-state index contributed by atoms with van der Waals surface area (Å²) < 4.78 is 5.54. The van der Waals surface area contributed by atoms with Gasteiger partial charge in [-0.2, -0.15) is 0 Å². The standard InChI is InChI=1S/C29H30N2O4/c1-30-26(32)19-29(28(30)34,24-15-9-10-16-25(24)35-2)20-27(33)31(21-23-13-7-4-8-14-23)18-17-22-11-5-3-6-12-22/h3-16H,17-21H2,1-2H3. The van der Waals surface area contributed by atoms with Gasteiger partial charge in [-0.05, 0) is 23.6 Å². The molecule has 6 heteroatoms. The molecule has 4 rings (SSSR count). The Balaban J connectivity index is 1.67. The minimum absolute atomic E-state index is 0.0632. The van der Waals surface area contributed by atoms with Gasteiger partial charge in [0.15, 0.2) is 0 Å². The SMILES string of the molecule is COc1ccccc1C1(CC(=O)N(CCc2ccccc2)Cc2ccccc2)CC(=O)N(C)C1=O. The number of hydrogen-bond donors (Lipinski definition) is 0. The zero-order chi connectivity index (χ0) is 24.8. The van der Waals surface area contributed by atoms with Crippen LogP contribution in [0.5, 0.6) is 5.75 Å². The van der Waals surface area contributed by atoms with Gasteiger partial charge >= 0.3 is 0 Å². The fraction of sp³-hybridized carbons (Fsp3) is 0.276. The van der Waals surface area contributed by atoms with Gasteiger partial charge in [-0.1, -0.05) is 78.9 Å². The van der Waals surface area contributed by atoms with E-state index in [1.54, 1.807) is 23.1 Å². The fourth-order valence-electron chi connectivity index (χ4n) is 4.74. The summed E-state index contributed by atoms with van der Waals surface area (Å²) >= 11 is 0. The first-order chi connectivity index (χ1) is 16.9. The Kier molecular flexibility index (Phi) is 7.30. The van der Waals surface area contributed by atoms with Gasteiger partial charge < -0.3 is 9.64 Å². The Bertz CT molecular complexity index is 1200. The van der Waals surface area contributed by atoms with E-state index < -0.39 is 5.41 Å². The zero-order valence-electron chi connectivity index (χ0n) is 20.1. The van der Waals surface area contributed by atoms with Gasteiger partial charge in [-0.25, -0.2) is 0 Å². The van der Waals surface area contributed by atoms with Gasteiger partial charge in [0.05, 0.1) is 12.5 Å². The van der Waals surface area contributed by atoms with E-state index in [1.807, 2.05) is 66.7 Å². The second-order valence-corrected chi connectivity index (χ2v) is 8.93. The molecule has 6 nitrogen and oxygen atoms in total. The molecule has 0 aromatic heterocycles. The minimum Gasteiger partial charge on any atom is -0.496 e. The van der Waals surface area contributed by atoms with Gasteiger partial charge in [-0.3, -0.25) is 19.3 Å². The number of imide groups is 1. The lowest BCUT2D eigenvalue weighted by molar-refractivity contribution is -0.141. The van der Waals surface area contributed by atoms with Crippen LogP contribution in [0.3, 0.4) is 0 Å². The zero-order valence-corrected chi connectivity index (χ0v) is 20.1. The third-order valence-corrected chi connectivity index (χ3v) is 6.70. The number of benzene rings is 3. The first-order valence-electron chi connectivity index (χ1n) is 11.7. The summed E-state index contributed by atoms with van der Waals surface area (Å²) in [6.45, 7) is 0.921. The predicted octanol–water partition coefficient (Wildman–Crippen LogP) is 3.98. The lowest BCUT2D eigenvalue weighted by Crippen LogP contribution is -2.43. The Labute approximate surface area is 206 Å². The fourth-order valence-corrected chi connectivity index (χ4v) is 4.74. The average Bonchev–Trinajstić information content (AvgIpc) is 3.11. The van der Waals surface area contributed by atoms with Crippen LogP contribution in [-0.4, -0.2) is 48.2 Å². The molecule has 1 aliphatic rings. The number of nitrogens with zero attached hydrogens (tertiary/aromatic N) is 2. The quantitative estimate of drug-likeness (QED) is 0.444. The topological polar surface area (TPSA) is 66.9 Å². The molecular formula is C29H30N2O4. The highest BCUT2D eigenvalue weighted by Gasteiger charge is 2.54. The van der Waals surface area contributed by atoms with E-state index in [1.165, 1.54) is 14.2 Å². The second-order valence-electron chi connectivity index (χ2n) is 8.93. The summed E-state index contributed by atoms with van der Waals surface area (Å²) in [5.74, 6) is -0.349. The van der Waals surface area contributed by atoms with E-state index >= 15 is 0 Å². The molecule has 0 N–H and O–H groups in total. The van der Waals surface area contributed by atoms with Crippen molar-refractivity contribution < 1.29 is 19.1 Å². The van der Waals surface area contributed by atoms with Crippen molar-refractivity contribution in [1.82, 2.24) is 9.80 Å². The van der Waals surface area contributed by atoms with Gasteiger partial charge in [0.2, 0.25) is 17.7 Å². The van der Waals surface area contributed by atoms with Crippen molar-refractivity contribution in [2.75, 3.05) is 20.7 Å². The third-order valence-electron chi connectivity index (χ3n) is 6.70. The Morgan fingerprint density at radius 1 is 0.914 bits per heavy atom. The normalized spacial score (nSPS) is 17.5. The number of carbonyl (C=O) groups excluding carboxylic acids is 3. The van der Waals surface area contributed by atoms with E-state index in [2.05, 4.69) is 0 Å². The Morgan fingerprint density at radius 3 is 2.11 bits per heavy atom. The van der Waals surface area contributed by atoms with Crippen LogP contribution in [0.4, 0.5) is 0 Å². The second kappa shape index (κ2) is 10.6. The lowest BCUT2D eigenvalue weighted by atomic mass is 9.75. The molecule has 0 radical (unpaired) electrons. The first-order valence-corrected chi connectivity index (χ1v) is 11.7. The van der Waals surface area contributed by atoms with Crippen LogP contribution in [0, 0.1) is 0 Å². The van der Waals surface area contributed by atoms with Crippen molar-refractivity contribution in [1.29, 1.82) is 0 Å². The molecule has 0 bridgehead atoms. The van der Waals surface area contributed by atoms with E-state index in [0.29, 0.717) is 30.8 Å². The minimum atomic E-state index is -1.29. The van der Waals surface area contributed by atoms with Crippen LogP contribution < -0.4 is 4.74 Å². The molecule has 1 aliphatic heterocycles. The van der Waals surface area contributed by atoms with Gasteiger partial charge in [0.25, 0.3) is 0 Å². The molecule has 1 fully saturated rings. The molecule has 1 atom stereocenters. The molecule has 3 aromatic rings. The molecule has 1 saturated heterocycles. The summed E-state index contributed by atoms with van der Waals surface area (Å²) in [6.07, 6.45) is 0.518. The average molecular weight is 471 g/mol. The van der Waals surface area contributed by atoms with Crippen LogP contribution in [0.1, 0.15) is 29.5 Å². The molecule has 180 valence electrons. The predicted molar refractivity (Wildman–Crippen MR) is 134 cm³/mol. The highest BCUT2D eigenvalue weighted by atomic mass is 16.5. The van der Waals surface area contributed by atoms with E-state index in [9.17, 15) is 14.4 Å². The van der Waals surface area contributed by atoms with Crippen LogP contribution in [0.15, 0.2) is 84.9 Å². The monoisotopic (exact) mass is 470 g/mol. The number of amides is 3. The molecule has 35 heavy (non-hydrogen) atoms. The smallest absolute Gasteiger partial charge is 0.240 e. The van der Waals surface area contributed by atoms with Gasteiger partial charge in [-0.15, -0.1) is 0 Å². The maximum atomic E-state index is 13.9. The molecule has 0 aliphatic carbocycles. The van der Waals surface area contributed by atoms with E-state index in [0.717, 1.165) is 16.0 Å². The van der Waals surface area contributed by atoms with Crippen molar-refractivity contribution in [3.05, 3.63) is 102 Å². The summed E-state index contributed by atoms with van der Waals surface area (Å²) in [4.78, 5) is 42.9. The number of likely N-dealkylation sites (N-methyl/N-ethyl adjacent to an activating group) is 1. The van der Waals surface area contributed by atoms with Crippen molar-refractivity contribution in [3.8, 4) is 5.75 Å². The molecule has 1 unspecified atom stereocenters. The van der Waals surface area contributed by atoms with Gasteiger partial charge in [0.1, 0.15) is 5.75 Å². The van der Waals surface area contributed by atoms with Crippen LogP contribution in [0.25, 0.3) is 0 Å². The van der Waals surface area contributed by atoms with Gasteiger partial charge in [0, 0.05) is 38.5 Å². The molecular weight excluding hydrogens is 440 g/mol. The number of likely N-dealkylation sites (tertiary alicyclic amines) is 1. The molecule has 3 amide bonds. The van der Waals surface area contributed by atoms with Crippen molar-refractivity contribution in [3.63, 3.8) is 0 Å². The summed E-state index contributed by atoms with van der Waals surface area (Å²) in [5, 5.41) is 0. The van der Waals surface area contributed by atoms with Crippen LogP contribution in [-0.2, 0) is 32.8 Å². The Hall–Kier alpha value is -3.93. The molecule has 3 aromatic carbocycles. The summed E-state index contributed by atoms with van der Waals surface area (Å²) in [7, 11) is 3.00. The maximum absolute atomic E-state index is 13.9. The lowest BCUT2D eigenvalue weighted by Gasteiger charge is -2.31. The number of methoxy groups -OCH3 is 1. The first kappa shape index (κ1) is 24.2. The third kappa shape index (κ3) is 5.11. The Morgan fingerprint density at radius 2 is 1.51 bits per heavy atom. The van der Waals surface area contributed by atoms with Crippen molar-refractivity contribution in [2.24, 2.45) is 0 Å². The highest BCUT2D eigenvalue weighted by molar-refractivity contribution is 6.10. The summed E-state index contributed by atoms with van der Waals surface area (Å²) in [5.41, 5.74) is 1.41. The molecule has 0 saturated carbocycles. The molecule has 0 spiro atoms. The number of hydrogen-bond acceptors (Lipinski definition) is 4. The number of carbonyl (C=O) groups is 3.